The van der Waals surface area contributed by atoms with Crippen molar-refractivity contribution >= 4 is 33.3 Å². The van der Waals surface area contributed by atoms with Crippen molar-refractivity contribution in [3.8, 4) is 0 Å². The number of nitrogens with zero attached hydrogens (tertiary/aromatic N) is 4. The van der Waals surface area contributed by atoms with Gasteiger partial charge in [0.05, 0.1) is 10.9 Å². The van der Waals surface area contributed by atoms with Gasteiger partial charge in [-0.05, 0) is 38.0 Å². The molecule has 1 aliphatic rings. The Hall–Kier alpha value is -2.61. The second-order valence-corrected chi connectivity index (χ2v) is 7.64. The normalized spacial score (nSPS) is 14.5. The molecule has 3 aromatic rings. The minimum Gasteiger partial charge on any atom is -0.296 e. The van der Waals surface area contributed by atoms with E-state index in [2.05, 4.69) is 15.5 Å². The molecule has 0 unspecified atom stereocenters. The molecule has 4 rings (SSSR count). The molecular weight excluding hydrogens is 350 g/mol. The first-order valence-corrected chi connectivity index (χ1v) is 9.58. The molecule has 26 heavy (non-hydrogen) atoms. The molecule has 2 aromatic heterocycles. The Morgan fingerprint density at radius 1 is 1.19 bits per heavy atom. The summed E-state index contributed by atoms with van der Waals surface area (Å²) in [5.41, 5.74) is 1.01. The van der Waals surface area contributed by atoms with Crippen LogP contribution < -0.4 is 10.9 Å². The van der Waals surface area contributed by atoms with E-state index in [0.717, 1.165) is 49.5 Å². The highest BCUT2D eigenvalue weighted by molar-refractivity contribution is 7.15. The third kappa shape index (κ3) is 3.24. The van der Waals surface area contributed by atoms with Gasteiger partial charge in [0.1, 0.15) is 10.8 Å². The number of anilines is 1. The van der Waals surface area contributed by atoms with Gasteiger partial charge in [0.2, 0.25) is 5.13 Å². The topological polar surface area (TPSA) is 89.8 Å². The fraction of sp³-hybridized carbons (Fsp3) is 0.389. The average Bonchev–Trinajstić information content (AvgIpc) is 3.01. The fourth-order valence-electron chi connectivity index (χ4n) is 3.25. The minimum atomic E-state index is -0.281. The Bertz CT molecular complexity index is 1040. The molecule has 0 bridgehead atoms. The van der Waals surface area contributed by atoms with Crippen LogP contribution in [0.3, 0.4) is 0 Å². The zero-order valence-corrected chi connectivity index (χ0v) is 15.3. The van der Waals surface area contributed by atoms with Gasteiger partial charge in [-0.15, -0.1) is 10.2 Å². The Morgan fingerprint density at radius 2 is 2.04 bits per heavy atom. The summed E-state index contributed by atoms with van der Waals surface area (Å²) >= 11 is 1.32. The second-order valence-electron chi connectivity index (χ2n) is 6.46. The summed E-state index contributed by atoms with van der Waals surface area (Å²) in [6.07, 6.45) is 5.15. The van der Waals surface area contributed by atoms with Gasteiger partial charge in [-0.25, -0.2) is 4.98 Å². The lowest BCUT2D eigenvalue weighted by molar-refractivity contribution is 0.102. The van der Waals surface area contributed by atoms with Crippen LogP contribution in [0.5, 0.6) is 0 Å². The first kappa shape index (κ1) is 16.8. The standard InChI is InChI=1S/C18H19N5O2S/c1-11-21-22-18(26-11)20-16(24)12-7-8-13-14(10-12)19-15-6-4-2-3-5-9-23(15)17(13)25/h7-8,10H,2-6,9H2,1H3,(H,20,22,24). The average molecular weight is 369 g/mol. The molecule has 0 saturated heterocycles. The lowest BCUT2D eigenvalue weighted by Gasteiger charge is -2.16. The summed E-state index contributed by atoms with van der Waals surface area (Å²) in [5, 5.41) is 12.3. The van der Waals surface area contributed by atoms with Crippen LogP contribution >= 0.6 is 11.3 Å². The van der Waals surface area contributed by atoms with E-state index in [9.17, 15) is 9.59 Å². The number of aromatic nitrogens is 4. The molecule has 1 aliphatic heterocycles. The van der Waals surface area contributed by atoms with Gasteiger partial charge in [0.15, 0.2) is 0 Å². The maximum Gasteiger partial charge on any atom is 0.261 e. The summed E-state index contributed by atoms with van der Waals surface area (Å²) in [4.78, 5) is 30.0. The number of carbonyl (C=O) groups is 1. The van der Waals surface area contributed by atoms with Crippen molar-refractivity contribution in [2.75, 3.05) is 5.32 Å². The van der Waals surface area contributed by atoms with E-state index in [0.29, 0.717) is 21.6 Å². The molecule has 1 aromatic carbocycles. The van der Waals surface area contributed by atoms with E-state index < -0.39 is 0 Å². The largest absolute Gasteiger partial charge is 0.296 e. The summed E-state index contributed by atoms with van der Waals surface area (Å²) in [6, 6.07) is 5.03. The predicted octanol–water partition coefficient (Wildman–Crippen LogP) is 2.93. The third-order valence-corrected chi connectivity index (χ3v) is 5.33. The zero-order valence-electron chi connectivity index (χ0n) is 14.5. The highest BCUT2D eigenvalue weighted by Gasteiger charge is 2.15. The Balaban J connectivity index is 1.71. The SMILES string of the molecule is Cc1nnc(NC(=O)c2ccc3c(=O)n4c(nc3c2)CCCCCC4)s1. The van der Waals surface area contributed by atoms with Gasteiger partial charge in [-0.2, -0.15) is 0 Å². The van der Waals surface area contributed by atoms with Crippen LogP contribution in [0, 0.1) is 6.92 Å². The van der Waals surface area contributed by atoms with E-state index in [1.165, 1.54) is 11.3 Å². The monoisotopic (exact) mass is 369 g/mol. The van der Waals surface area contributed by atoms with Gasteiger partial charge in [0, 0.05) is 18.5 Å². The molecule has 0 atom stereocenters. The van der Waals surface area contributed by atoms with Crippen LogP contribution in [0.25, 0.3) is 10.9 Å². The maximum atomic E-state index is 12.8. The molecule has 1 N–H and O–H groups in total. The number of aryl methyl sites for hydroxylation is 2. The van der Waals surface area contributed by atoms with Crippen molar-refractivity contribution in [1.82, 2.24) is 19.7 Å². The number of benzene rings is 1. The van der Waals surface area contributed by atoms with Crippen LogP contribution in [0.2, 0.25) is 0 Å². The van der Waals surface area contributed by atoms with Crippen molar-refractivity contribution in [2.45, 2.75) is 45.6 Å². The fourth-order valence-corrected chi connectivity index (χ4v) is 3.84. The highest BCUT2D eigenvalue weighted by Crippen LogP contribution is 2.18. The van der Waals surface area contributed by atoms with Crippen molar-refractivity contribution in [2.24, 2.45) is 0 Å². The minimum absolute atomic E-state index is 0.0152. The number of rotatable bonds is 2. The van der Waals surface area contributed by atoms with Crippen LogP contribution in [-0.4, -0.2) is 25.7 Å². The molecular formula is C18H19N5O2S. The summed E-state index contributed by atoms with van der Waals surface area (Å²) in [7, 11) is 0. The summed E-state index contributed by atoms with van der Waals surface area (Å²) < 4.78 is 1.80. The predicted molar refractivity (Wildman–Crippen MR) is 101 cm³/mol. The number of amides is 1. The quantitative estimate of drug-likeness (QED) is 0.750. The van der Waals surface area contributed by atoms with Crippen molar-refractivity contribution < 1.29 is 4.79 Å². The van der Waals surface area contributed by atoms with Crippen LogP contribution in [-0.2, 0) is 13.0 Å². The van der Waals surface area contributed by atoms with Gasteiger partial charge in [-0.3, -0.25) is 19.5 Å². The van der Waals surface area contributed by atoms with Crippen LogP contribution in [0.4, 0.5) is 5.13 Å². The number of carbonyl (C=O) groups excluding carboxylic acids is 1. The Kier molecular flexibility index (Phi) is 4.50. The number of fused-ring (bicyclic) bond motifs is 2. The second kappa shape index (κ2) is 6.95. The molecule has 3 heterocycles. The third-order valence-electron chi connectivity index (χ3n) is 4.58. The number of hydrogen-bond acceptors (Lipinski definition) is 6. The molecule has 0 fully saturated rings. The van der Waals surface area contributed by atoms with Crippen molar-refractivity contribution in [3.05, 3.63) is 44.9 Å². The maximum absolute atomic E-state index is 12.8. The van der Waals surface area contributed by atoms with E-state index in [4.69, 9.17) is 4.98 Å². The molecule has 0 radical (unpaired) electrons. The summed E-state index contributed by atoms with van der Waals surface area (Å²) in [5.74, 6) is 0.538. The highest BCUT2D eigenvalue weighted by atomic mass is 32.1. The zero-order chi connectivity index (χ0) is 18.1. The molecule has 0 spiro atoms. The molecule has 7 nitrogen and oxygen atoms in total. The molecule has 8 heteroatoms. The van der Waals surface area contributed by atoms with E-state index in [1.54, 1.807) is 22.8 Å². The van der Waals surface area contributed by atoms with E-state index in [-0.39, 0.29) is 11.5 Å². The van der Waals surface area contributed by atoms with Crippen LogP contribution in [0.15, 0.2) is 23.0 Å². The Labute approximate surface area is 154 Å². The van der Waals surface area contributed by atoms with Gasteiger partial charge in [-0.1, -0.05) is 24.2 Å². The first-order valence-electron chi connectivity index (χ1n) is 8.77. The molecule has 0 aliphatic carbocycles. The number of nitrogens with one attached hydrogen (secondary N) is 1. The number of hydrogen-bond donors (Lipinski definition) is 1. The van der Waals surface area contributed by atoms with E-state index >= 15 is 0 Å². The molecule has 134 valence electrons. The summed E-state index contributed by atoms with van der Waals surface area (Å²) in [6.45, 7) is 2.55. The van der Waals surface area contributed by atoms with Gasteiger partial charge in [0.25, 0.3) is 11.5 Å². The lowest BCUT2D eigenvalue weighted by Crippen LogP contribution is -2.26. The molecule has 1 amide bonds. The molecule has 0 saturated carbocycles. The smallest absolute Gasteiger partial charge is 0.261 e. The van der Waals surface area contributed by atoms with Gasteiger partial charge < -0.3 is 0 Å². The van der Waals surface area contributed by atoms with Crippen molar-refractivity contribution in [3.63, 3.8) is 0 Å². The van der Waals surface area contributed by atoms with E-state index in [1.807, 2.05) is 6.92 Å². The van der Waals surface area contributed by atoms with Gasteiger partial charge >= 0.3 is 0 Å². The van der Waals surface area contributed by atoms with Crippen molar-refractivity contribution in [1.29, 1.82) is 0 Å². The van der Waals surface area contributed by atoms with Crippen LogP contribution in [0.1, 0.15) is 46.9 Å². The Morgan fingerprint density at radius 3 is 2.85 bits per heavy atom. The lowest BCUT2D eigenvalue weighted by atomic mass is 10.1. The first-order chi connectivity index (χ1) is 12.6.